The molecule has 0 saturated carbocycles. The number of aromatic nitrogens is 4. The summed E-state index contributed by atoms with van der Waals surface area (Å²) >= 11 is 0. The molecule has 1 aromatic carbocycles. The summed E-state index contributed by atoms with van der Waals surface area (Å²) in [6.07, 6.45) is 0.344. The summed E-state index contributed by atoms with van der Waals surface area (Å²) in [6, 6.07) is 13.6. The van der Waals surface area contributed by atoms with Gasteiger partial charge in [0.25, 0.3) is 5.91 Å². The predicted octanol–water partition coefficient (Wildman–Crippen LogP) is 3.64. The predicted molar refractivity (Wildman–Crippen MR) is 114 cm³/mol. The van der Waals surface area contributed by atoms with Crippen molar-refractivity contribution < 1.29 is 13.6 Å². The molecule has 4 aromatic rings. The zero-order valence-electron chi connectivity index (χ0n) is 16.5. The second-order valence-corrected chi connectivity index (χ2v) is 7.10. The van der Waals surface area contributed by atoms with E-state index in [-0.39, 0.29) is 18.5 Å². The third kappa shape index (κ3) is 4.82. The average molecular weight is 422 g/mol. The molecule has 158 valence electrons. The number of rotatable bonds is 8. The largest absolute Gasteiger partial charge is 0.368 e. The van der Waals surface area contributed by atoms with Gasteiger partial charge in [0.2, 0.25) is 0 Å². The van der Waals surface area contributed by atoms with E-state index in [9.17, 15) is 13.6 Å². The van der Waals surface area contributed by atoms with Gasteiger partial charge in [0.15, 0.2) is 0 Å². The summed E-state index contributed by atoms with van der Waals surface area (Å²) in [5.74, 6) is -0.504. The van der Waals surface area contributed by atoms with E-state index < -0.39 is 17.9 Å². The smallest absolute Gasteiger partial charge is 0.265 e. The molecule has 0 fully saturated rings. The molecule has 4 rings (SSSR count). The molecule has 7 nitrogen and oxygen atoms in total. The number of halogens is 2. The van der Waals surface area contributed by atoms with Crippen molar-refractivity contribution in [2.24, 2.45) is 5.73 Å². The van der Waals surface area contributed by atoms with Crippen molar-refractivity contribution in [1.82, 2.24) is 20.2 Å². The first-order valence-corrected chi connectivity index (χ1v) is 9.73. The zero-order valence-corrected chi connectivity index (χ0v) is 16.5. The summed E-state index contributed by atoms with van der Waals surface area (Å²) in [5, 5.41) is 12.2. The first-order valence-electron chi connectivity index (χ1n) is 9.73. The Morgan fingerprint density at radius 1 is 1.16 bits per heavy atom. The van der Waals surface area contributed by atoms with Crippen molar-refractivity contribution in [1.29, 1.82) is 0 Å². The van der Waals surface area contributed by atoms with Crippen LogP contribution < -0.4 is 11.1 Å². The van der Waals surface area contributed by atoms with Gasteiger partial charge in [0.1, 0.15) is 23.5 Å². The van der Waals surface area contributed by atoms with E-state index in [1.54, 1.807) is 18.2 Å². The molecular formula is C22H20F2N6O. The van der Waals surface area contributed by atoms with Crippen LogP contribution in [0.25, 0.3) is 22.2 Å². The fraction of sp³-hybridized carbons (Fsp3) is 0.182. The minimum Gasteiger partial charge on any atom is -0.368 e. The van der Waals surface area contributed by atoms with Gasteiger partial charge >= 0.3 is 0 Å². The Bertz CT molecular complexity index is 1210. The molecule has 3 aromatic heterocycles. The van der Waals surface area contributed by atoms with Gasteiger partial charge in [-0.3, -0.25) is 9.78 Å². The molecule has 0 saturated heterocycles. The highest BCUT2D eigenvalue weighted by Crippen LogP contribution is 2.24. The second kappa shape index (κ2) is 8.86. The highest BCUT2D eigenvalue weighted by molar-refractivity contribution is 5.97. The number of alkyl halides is 1. The van der Waals surface area contributed by atoms with E-state index in [0.29, 0.717) is 23.8 Å². The maximum atomic E-state index is 14.1. The number of nitrogens with one attached hydrogen (secondary N) is 2. The maximum Gasteiger partial charge on any atom is 0.265 e. The van der Waals surface area contributed by atoms with Crippen molar-refractivity contribution in [3.8, 4) is 11.3 Å². The van der Waals surface area contributed by atoms with Gasteiger partial charge in [-0.25, -0.2) is 8.78 Å². The molecule has 9 heteroatoms. The molecular weight excluding hydrogens is 402 g/mol. The van der Waals surface area contributed by atoms with Crippen LogP contribution in [0.2, 0.25) is 0 Å². The first-order chi connectivity index (χ1) is 15.0. The SMILES string of the molecule is NC(=O)c1cc2cc(-c3ccc(NCC[C@H](F)Cc4ncccc4F)nn3)ccc2[nH]1. The van der Waals surface area contributed by atoms with Crippen molar-refractivity contribution in [3.63, 3.8) is 0 Å². The van der Waals surface area contributed by atoms with Crippen LogP contribution in [-0.2, 0) is 6.42 Å². The van der Waals surface area contributed by atoms with Crippen molar-refractivity contribution in [3.05, 3.63) is 71.9 Å². The van der Waals surface area contributed by atoms with Crippen molar-refractivity contribution in [2.45, 2.75) is 19.0 Å². The molecule has 1 amide bonds. The number of pyridine rings is 1. The van der Waals surface area contributed by atoms with Crippen LogP contribution in [0.5, 0.6) is 0 Å². The number of nitrogens with two attached hydrogens (primary N) is 1. The zero-order chi connectivity index (χ0) is 21.8. The minimum absolute atomic E-state index is 0.0714. The summed E-state index contributed by atoms with van der Waals surface area (Å²) in [5.41, 5.74) is 8.07. The molecule has 0 aliphatic heterocycles. The van der Waals surface area contributed by atoms with Crippen LogP contribution in [0.3, 0.4) is 0 Å². The minimum atomic E-state index is -1.22. The molecule has 4 N–H and O–H groups in total. The average Bonchev–Trinajstić information content (AvgIpc) is 3.20. The monoisotopic (exact) mass is 422 g/mol. The lowest BCUT2D eigenvalue weighted by Crippen LogP contribution is -2.14. The molecule has 0 aliphatic carbocycles. The standard InChI is InChI=1S/C22H20F2N6O/c23-15(12-19-16(24)2-1-8-26-19)7-9-27-21-6-5-18(29-30-21)13-3-4-17-14(10-13)11-20(28-17)22(25)31/h1-6,8,10-11,15,28H,7,9,12H2,(H2,25,31)(H,27,30)/t15-/m0/s1. The molecule has 0 unspecified atom stereocenters. The van der Waals surface area contributed by atoms with Crippen LogP contribution in [-0.4, -0.2) is 38.8 Å². The van der Waals surface area contributed by atoms with Gasteiger partial charge in [0, 0.05) is 35.6 Å². The van der Waals surface area contributed by atoms with Crippen LogP contribution in [0.4, 0.5) is 14.6 Å². The lowest BCUT2D eigenvalue weighted by Gasteiger charge is -2.10. The molecule has 0 radical (unpaired) electrons. The highest BCUT2D eigenvalue weighted by Gasteiger charge is 2.12. The summed E-state index contributed by atoms with van der Waals surface area (Å²) in [6.45, 7) is 0.328. The fourth-order valence-electron chi connectivity index (χ4n) is 3.24. The number of benzene rings is 1. The summed E-state index contributed by atoms with van der Waals surface area (Å²) in [4.78, 5) is 18.1. The van der Waals surface area contributed by atoms with Crippen LogP contribution in [0, 0.1) is 5.82 Å². The number of H-pyrrole nitrogens is 1. The summed E-state index contributed by atoms with van der Waals surface area (Å²) < 4.78 is 27.7. The number of fused-ring (bicyclic) bond motifs is 1. The summed E-state index contributed by atoms with van der Waals surface area (Å²) in [7, 11) is 0. The number of hydrogen-bond donors (Lipinski definition) is 3. The van der Waals surface area contributed by atoms with E-state index in [2.05, 4.69) is 25.5 Å². The second-order valence-electron chi connectivity index (χ2n) is 7.10. The van der Waals surface area contributed by atoms with E-state index in [4.69, 9.17) is 5.73 Å². The molecule has 31 heavy (non-hydrogen) atoms. The van der Waals surface area contributed by atoms with Gasteiger partial charge in [-0.15, -0.1) is 10.2 Å². The van der Waals surface area contributed by atoms with Gasteiger partial charge in [-0.05, 0) is 48.9 Å². The third-order valence-corrected chi connectivity index (χ3v) is 4.86. The molecule has 0 spiro atoms. The third-order valence-electron chi connectivity index (χ3n) is 4.86. The Hall–Kier alpha value is -3.88. The Labute approximate surface area is 176 Å². The quantitative estimate of drug-likeness (QED) is 0.402. The number of anilines is 1. The Morgan fingerprint density at radius 3 is 2.77 bits per heavy atom. The van der Waals surface area contributed by atoms with Gasteiger partial charge in [-0.1, -0.05) is 6.07 Å². The Morgan fingerprint density at radius 2 is 2.03 bits per heavy atom. The number of primary amides is 1. The number of hydrogen-bond acceptors (Lipinski definition) is 5. The lowest BCUT2D eigenvalue weighted by molar-refractivity contribution is 0.0996. The number of carbonyl (C=O) groups is 1. The van der Waals surface area contributed by atoms with E-state index in [1.807, 2.05) is 18.2 Å². The van der Waals surface area contributed by atoms with Crippen molar-refractivity contribution >= 4 is 22.6 Å². The molecule has 0 bridgehead atoms. The number of amides is 1. The topological polar surface area (TPSA) is 110 Å². The lowest BCUT2D eigenvalue weighted by atomic mass is 10.1. The van der Waals surface area contributed by atoms with E-state index in [0.717, 1.165) is 16.5 Å². The Balaban J connectivity index is 1.34. The van der Waals surface area contributed by atoms with Crippen molar-refractivity contribution in [2.75, 3.05) is 11.9 Å². The Kier molecular flexibility index (Phi) is 5.83. The first kappa shape index (κ1) is 20.4. The molecule has 3 heterocycles. The molecule has 0 aliphatic rings. The number of aromatic amines is 1. The van der Waals surface area contributed by atoms with Crippen LogP contribution >= 0.6 is 0 Å². The molecule has 1 atom stereocenters. The van der Waals surface area contributed by atoms with Crippen LogP contribution in [0.15, 0.2) is 54.7 Å². The number of nitrogens with zero attached hydrogens (tertiary/aromatic N) is 3. The fourth-order valence-corrected chi connectivity index (χ4v) is 3.24. The van der Waals surface area contributed by atoms with Gasteiger partial charge < -0.3 is 16.0 Å². The van der Waals surface area contributed by atoms with Crippen LogP contribution in [0.1, 0.15) is 22.6 Å². The number of carbonyl (C=O) groups excluding carboxylic acids is 1. The van der Waals surface area contributed by atoms with Gasteiger partial charge in [-0.2, -0.15) is 0 Å². The normalized spacial score (nSPS) is 12.1. The van der Waals surface area contributed by atoms with Gasteiger partial charge in [0.05, 0.1) is 11.4 Å². The van der Waals surface area contributed by atoms with E-state index >= 15 is 0 Å². The highest BCUT2D eigenvalue weighted by atomic mass is 19.1. The van der Waals surface area contributed by atoms with E-state index in [1.165, 1.54) is 18.3 Å². The maximum absolute atomic E-state index is 14.1.